The zero-order valence-corrected chi connectivity index (χ0v) is 81.4. The first kappa shape index (κ1) is 79.1. The van der Waals surface area contributed by atoms with Crippen LogP contribution in [0.5, 0.6) is 0 Å². The Bertz CT molecular complexity index is 11300. The quantitative estimate of drug-likeness (QED) is 0.139. The van der Waals surface area contributed by atoms with E-state index < -0.39 is 18.1 Å². The molecule has 0 saturated carbocycles. The van der Waals surface area contributed by atoms with Gasteiger partial charge in [-0.1, -0.05) is 317 Å². The Kier molecular flexibility index (Phi) is 17.9. The van der Waals surface area contributed by atoms with Gasteiger partial charge in [-0.2, -0.15) is 0 Å². The van der Waals surface area contributed by atoms with Crippen LogP contribution in [0.1, 0.15) is 31.8 Å². The molecule has 686 valence electrons. The third-order valence-electron chi connectivity index (χ3n) is 29.6. The molecule has 0 spiro atoms. The number of rotatable bonds is 9. The van der Waals surface area contributed by atoms with Gasteiger partial charge in [-0.25, -0.2) is 29.9 Å². The van der Waals surface area contributed by atoms with E-state index in [4.69, 9.17) is 41.7 Å². The van der Waals surface area contributed by atoms with Crippen LogP contribution in [0.15, 0.2) is 449 Å². The number of pyridine rings is 3. The molecule has 12 nitrogen and oxygen atoms in total. The lowest BCUT2D eigenvalue weighted by molar-refractivity contribution is 0.660. The van der Waals surface area contributed by atoms with Crippen molar-refractivity contribution in [2.45, 2.75) is 19.3 Å². The lowest BCUT2D eigenvalue weighted by Gasteiger charge is -2.22. The number of aromatic nitrogens is 12. The van der Waals surface area contributed by atoms with Gasteiger partial charge in [0.05, 0.1) is 56.5 Å². The molecule has 147 heavy (non-hydrogen) atoms. The molecule has 0 unspecified atom stereocenters. The van der Waals surface area contributed by atoms with Gasteiger partial charge in [-0.05, 0) is 166 Å². The molecule has 19 aromatic carbocycles. The zero-order valence-electron chi connectivity index (χ0n) is 83.9. The van der Waals surface area contributed by atoms with E-state index in [9.17, 15) is 0 Å². The summed E-state index contributed by atoms with van der Waals surface area (Å²) in [6.45, 7) is 4.63. The molecule has 0 N–H and O–H groups in total. The summed E-state index contributed by atoms with van der Waals surface area (Å²) in [5, 5.41) is 22.8. The Hall–Kier alpha value is -18.5. The smallest absolute Gasteiger partial charge is 0.160 e. The summed E-state index contributed by atoms with van der Waals surface area (Å²) in [7, 11) is 0. The monoisotopic (exact) mass is 1930 g/mol. The largest absolute Gasteiger partial charge is 0.309 e. The van der Waals surface area contributed by atoms with Gasteiger partial charge in [0.15, 0.2) is 17.5 Å². The van der Waals surface area contributed by atoms with Gasteiger partial charge in [0, 0.05) is 183 Å². The highest BCUT2D eigenvalue weighted by atomic mass is 32.1. The second-order valence-corrected chi connectivity index (χ2v) is 41.2. The zero-order chi connectivity index (χ0) is 101. The molecule has 0 fully saturated rings. The number of hydrogen-bond donors (Lipinski definition) is 0. The summed E-state index contributed by atoms with van der Waals surface area (Å²) in [6, 6.07) is 139. The van der Waals surface area contributed by atoms with Crippen molar-refractivity contribution < 1.29 is 6.85 Å². The summed E-state index contributed by atoms with van der Waals surface area (Å²) in [5.41, 5.74) is 26.0. The Morgan fingerprint density at radius 2 is 0.585 bits per heavy atom. The molecule has 0 radical (unpaired) electrons. The summed E-state index contributed by atoms with van der Waals surface area (Å²) in [5.74, 6) is 1.72. The first-order valence-electron chi connectivity index (χ1n) is 51.6. The average Bonchev–Trinajstić information content (AvgIpc) is 1.54. The normalized spacial score (nSPS) is 13.0. The molecule has 1 aliphatic carbocycles. The van der Waals surface area contributed by atoms with E-state index in [-0.39, 0.29) is 28.8 Å². The van der Waals surface area contributed by atoms with Crippen molar-refractivity contribution in [3.8, 4) is 96.1 Å². The number of benzene rings is 19. The SMILES string of the molecule is CC1(C)c2ccccc2-c2ccc(-c3nc(-c4ccc(-n5c6ccccc6c6c7sc8ccccc8c7c7ccccc7c65)cc4)nc4cccnc34)cc21.[2H]c1c([2H])c([2H])c(-c2nc(-c3cccc(-n4c5ccccc5c5c6sc7ccccc7c6c6ccccc6c54)c3)nc3cccnc23)c([2H])c1[2H].c1ccc(-c2nc(-c3cccc(-n4c5ccccc5c5c6sc7ccccc7c6c6ccccc6c54)c3)nc3cccnc23)cc1. The van der Waals surface area contributed by atoms with E-state index in [0.29, 0.717) is 34.1 Å². The van der Waals surface area contributed by atoms with E-state index >= 15 is 0 Å². The number of nitrogens with zero attached hydrogens (tertiary/aromatic N) is 12. The third kappa shape index (κ3) is 13.1. The Balaban J connectivity index is 0.000000105. The first-order chi connectivity index (χ1) is 74.8. The van der Waals surface area contributed by atoms with Crippen molar-refractivity contribution in [3.05, 3.63) is 460 Å². The van der Waals surface area contributed by atoms with Crippen molar-refractivity contribution in [1.82, 2.24) is 58.6 Å². The van der Waals surface area contributed by atoms with Crippen molar-refractivity contribution in [3.63, 3.8) is 0 Å². The second-order valence-electron chi connectivity index (χ2n) is 38.0. The fraction of sp³-hybridized carbons (Fsp3) is 0.0227. The van der Waals surface area contributed by atoms with Crippen LogP contribution in [0, 0.1) is 0 Å². The van der Waals surface area contributed by atoms with Crippen LogP contribution in [0.25, 0.3) is 287 Å². The number of hydrogen-bond acceptors (Lipinski definition) is 12. The van der Waals surface area contributed by atoms with E-state index in [1.807, 2.05) is 94.8 Å². The van der Waals surface area contributed by atoms with E-state index in [0.717, 1.165) is 94.6 Å². The van der Waals surface area contributed by atoms with Crippen molar-refractivity contribution in [2.75, 3.05) is 0 Å². The van der Waals surface area contributed by atoms with E-state index in [1.54, 1.807) is 24.5 Å². The highest BCUT2D eigenvalue weighted by Crippen LogP contribution is 2.55. The van der Waals surface area contributed by atoms with Gasteiger partial charge < -0.3 is 13.7 Å². The Labute approximate surface area is 860 Å². The van der Waals surface area contributed by atoms with Gasteiger partial charge in [0.2, 0.25) is 0 Å². The molecule has 12 heterocycles. The molecule has 1 aliphatic rings. The van der Waals surface area contributed by atoms with Gasteiger partial charge in [-0.15, -0.1) is 34.0 Å². The minimum absolute atomic E-state index is 0.00859. The van der Waals surface area contributed by atoms with Crippen LogP contribution in [0.2, 0.25) is 0 Å². The van der Waals surface area contributed by atoms with Crippen LogP contribution < -0.4 is 0 Å². The molecule has 12 aromatic heterocycles. The fourth-order valence-electron chi connectivity index (χ4n) is 23.2. The highest BCUT2D eigenvalue weighted by molar-refractivity contribution is 7.28. The first-order valence-corrected chi connectivity index (χ1v) is 51.6. The fourth-order valence-corrected chi connectivity index (χ4v) is 27.0. The molecule has 0 atom stereocenters. The molecule has 0 amide bonds. The van der Waals surface area contributed by atoms with Gasteiger partial charge >= 0.3 is 0 Å². The highest BCUT2D eigenvalue weighted by Gasteiger charge is 2.37. The number of fused-ring (bicyclic) bond motifs is 36. The number of thiophene rings is 3. The van der Waals surface area contributed by atoms with Gasteiger partial charge in [-0.3, -0.25) is 15.0 Å². The van der Waals surface area contributed by atoms with Gasteiger partial charge in [0.1, 0.15) is 33.6 Å². The number of para-hydroxylation sites is 3. The molecular formula is C132H80N12S3. The maximum Gasteiger partial charge on any atom is 0.160 e. The third-order valence-corrected chi connectivity index (χ3v) is 33.1. The maximum atomic E-state index is 8.70. The molecule has 31 aromatic rings. The van der Waals surface area contributed by atoms with Crippen LogP contribution in [0.3, 0.4) is 0 Å². The summed E-state index contributed by atoms with van der Waals surface area (Å²) in [6.07, 6.45) is 5.22. The standard InChI is InChI=1S/C50H32N4S.2C41H24N4S/c1-50(2)38-17-8-5-12-32(38)33-26-23-30(28-39(33)50)45-46-40(18-11-27-51-46)52-49(53-45)29-21-24-31(25-22-29)54-41-19-9-6-15-36(41)44-47(54)35-14-4-3-13-34(35)43-37-16-7-10-20-42(37)55-48(43)44;2*1-2-12-25(13-3-1)37-38-32(20-11-23-42-38)43-41(44-37)26-14-10-15-27(24-26)45-33-21-8-6-18-30(33)36-39(45)29-17-5-4-16-28(29)35-31-19-7-9-22-34(31)46-40(35)36/h3-28H,1-2H3;2*1-24H/i;1D,2D,3D,12D,13D;. The molecule has 0 bridgehead atoms. The second kappa shape index (κ2) is 33.3. The predicted octanol–water partition coefficient (Wildman–Crippen LogP) is 35.2. The predicted molar refractivity (Wildman–Crippen MR) is 616 cm³/mol. The van der Waals surface area contributed by atoms with Crippen molar-refractivity contribution >= 4 is 225 Å². The summed E-state index contributed by atoms with van der Waals surface area (Å²) < 4.78 is 57.2. The minimum Gasteiger partial charge on any atom is -0.309 e. The molecule has 0 saturated heterocycles. The van der Waals surface area contributed by atoms with Crippen LogP contribution >= 0.6 is 34.0 Å². The minimum atomic E-state index is -0.459. The molecule has 0 aliphatic heterocycles. The van der Waals surface area contributed by atoms with Crippen LogP contribution in [0.4, 0.5) is 0 Å². The van der Waals surface area contributed by atoms with Crippen molar-refractivity contribution in [2.24, 2.45) is 0 Å². The van der Waals surface area contributed by atoms with Crippen LogP contribution in [-0.4, -0.2) is 58.6 Å². The van der Waals surface area contributed by atoms with E-state index in [2.05, 4.69) is 371 Å². The summed E-state index contributed by atoms with van der Waals surface area (Å²) >= 11 is 5.61. The molecule has 15 heteroatoms. The van der Waals surface area contributed by atoms with Crippen LogP contribution in [-0.2, 0) is 5.41 Å². The van der Waals surface area contributed by atoms with Crippen molar-refractivity contribution in [1.29, 1.82) is 0 Å². The lowest BCUT2D eigenvalue weighted by Crippen LogP contribution is -2.15. The lowest BCUT2D eigenvalue weighted by atomic mass is 9.82. The average molecular weight is 1940 g/mol. The van der Waals surface area contributed by atoms with Gasteiger partial charge in [0.25, 0.3) is 0 Å². The topological polar surface area (TPSA) is 131 Å². The van der Waals surface area contributed by atoms with E-state index in [1.165, 1.54) is 159 Å². The molecule has 32 rings (SSSR count). The molecular weight excluding hydrogens is 1850 g/mol. The Morgan fingerprint density at radius 3 is 1.03 bits per heavy atom. The maximum absolute atomic E-state index is 8.70. The summed E-state index contributed by atoms with van der Waals surface area (Å²) in [4.78, 5) is 44.2. The Morgan fingerprint density at radius 1 is 0.238 bits per heavy atom.